The molecule has 0 aromatic carbocycles. The Morgan fingerprint density at radius 3 is 1.96 bits per heavy atom. The van der Waals surface area contributed by atoms with Gasteiger partial charge in [-0.05, 0) is 0 Å². The van der Waals surface area contributed by atoms with Gasteiger partial charge in [-0.1, -0.05) is 0 Å². The van der Waals surface area contributed by atoms with Gasteiger partial charge in [0.05, 0.1) is 0 Å². The van der Waals surface area contributed by atoms with Crippen molar-refractivity contribution in [3.63, 3.8) is 0 Å². The molecule has 1 aromatic rings. The van der Waals surface area contributed by atoms with Crippen LogP contribution in [0.2, 0.25) is 0 Å². The number of hydrogen-bond acceptors (Lipinski definition) is 8. The van der Waals surface area contributed by atoms with E-state index < -0.39 is 29.4 Å². The SMILES string of the molecule is O=N[O-].O=c1nc(F)c(F)c(O)[nH]1.[NH-]C(=O)NO.[NH-]CC[NH-].[Pt]. The molecular weight excluding hydrogens is 511 g/mol. The minimum atomic E-state index is -1.61. The molecule has 0 saturated carbocycles. The molecule has 0 fully saturated rings. The molecule has 13 nitrogen and oxygen atoms in total. The Balaban J connectivity index is -0.000000119. The standard InChI is InChI=1S/C4H2F2N2O2.C2H6N2.CH4N2O2.HNO2.Pt/c5-1-2(6)7-4(10)8-3(1)9;3-1-2-4;2-1(4)3-5;2-1-3;/h(H2,7,8,9,10);3-4H,1-2H2;(H4,2,3,4,5);(H,2,3);/q;-2;;;/p-2. The molecule has 0 aliphatic heterocycles. The van der Waals surface area contributed by atoms with Gasteiger partial charge >= 0.3 is 5.69 Å². The number of carbonyl (C=O) groups excluding carboxylic acids is 1. The Bertz CT molecular complexity index is 463. The Morgan fingerprint density at radius 2 is 1.74 bits per heavy atom. The number of aromatic amines is 1. The predicted octanol–water partition coefficient (Wildman–Crippen LogP) is 1.23. The average molecular weight is 522 g/mol. The molecule has 23 heavy (non-hydrogen) atoms. The van der Waals surface area contributed by atoms with Crippen LogP contribution in [0.15, 0.2) is 10.1 Å². The van der Waals surface area contributed by atoms with E-state index in [1.165, 1.54) is 0 Å². The molecule has 0 saturated heterocycles. The van der Waals surface area contributed by atoms with E-state index in [1.54, 1.807) is 4.98 Å². The number of rotatable bonds is 1. The number of urea groups is 1. The van der Waals surface area contributed by atoms with Gasteiger partial charge in [0.1, 0.15) is 0 Å². The van der Waals surface area contributed by atoms with Crippen molar-refractivity contribution in [3.05, 3.63) is 49.6 Å². The van der Waals surface area contributed by atoms with Gasteiger partial charge < -0.3 is 43.1 Å². The number of nitrogens with one attached hydrogen (secondary N) is 5. The molecule has 1 aromatic heterocycles. The van der Waals surface area contributed by atoms with E-state index in [4.69, 9.17) is 42.4 Å². The summed E-state index contributed by atoms with van der Waals surface area (Å²) in [6.07, 6.45) is 0. The maximum atomic E-state index is 12.1. The van der Waals surface area contributed by atoms with Gasteiger partial charge in [-0.25, -0.2) is 4.79 Å². The smallest absolute Gasteiger partial charge is 0.350 e. The number of aromatic hydroxyl groups is 1. The molecule has 0 unspecified atom stereocenters. The maximum absolute atomic E-state index is 12.1. The van der Waals surface area contributed by atoms with Crippen molar-refractivity contribution in [2.75, 3.05) is 13.1 Å². The van der Waals surface area contributed by atoms with E-state index in [1.807, 2.05) is 0 Å². The second-order valence-corrected chi connectivity index (χ2v) is 2.51. The van der Waals surface area contributed by atoms with Crippen LogP contribution in [0.3, 0.4) is 0 Å². The van der Waals surface area contributed by atoms with Gasteiger partial charge in [0.25, 0.3) is 5.95 Å². The first kappa shape index (κ1) is 28.9. The van der Waals surface area contributed by atoms with Crippen LogP contribution in [0.4, 0.5) is 13.6 Å². The van der Waals surface area contributed by atoms with Gasteiger partial charge in [-0.15, -0.1) is 5.34 Å². The van der Waals surface area contributed by atoms with Crippen molar-refractivity contribution >= 4 is 6.03 Å². The maximum Gasteiger partial charge on any atom is 0.350 e. The summed E-state index contributed by atoms with van der Waals surface area (Å²) in [4.78, 5) is 31.3. The average Bonchev–Trinajstić information content (AvgIpc) is 2.46. The minimum absolute atomic E-state index is 0. The third-order valence-corrected chi connectivity index (χ3v) is 1.04. The first-order valence-corrected chi connectivity index (χ1v) is 4.75. The third kappa shape index (κ3) is 22.2. The van der Waals surface area contributed by atoms with Crippen molar-refractivity contribution in [2.45, 2.75) is 0 Å². The number of halogens is 2. The van der Waals surface area contributed by atoms with Crippen molar-refractivity contribution in [1.82, 2.24) is 15.4 Å². The topological polar surface area (TPSA) is 239 Å². The summed E-state index contributed by atoms with van der Waals surface area (Å²) in [5.41, 5.74) is 18.3. The minimum Gasteiger partial charge on any atom is -0.679 e. The van der Waals surface area contributed by atoms with Gasteiger partial charge in [0.15, 0.2) is 6.03 Å². The number of aromatic nitrogens is 2. The summed E-state index contributed by atoms with van der Waals surface area (Å²) in [5, 5.41) is 24.7. The first-order valence-electron chi connectivity index (χ1n) is 4.75. The molecule has 0 radical (unpaired) electrons. The zero-order valence-corrected chi connectivity index (χ0v) is 13.2. The van der Waals surface area contributed by atoms with Gasteiger partial charge in [-0.3, -0.25) is 9.78 Å². The molecule has 0 atom stereocenters. The number of amides is 2. The largest absolute Gasteiger partial charge is 0.679 e. The molecular formula is C7H11F2N7O6Pt-4. The number of H-pyrrole nitrogens is 1. The zero-order chi connectivity index (χ0) is 18.1. The molecule has 0 aliphatic carbocycles. The molecule has 0 bridgehead atoms. The van der Waals surface area contributed by atoms with Crippen LogP contribution < -0.4 is 11.2 Å². The van der Waals surface area contributed by atoms with Crippen LogP contribution in [0.25, 0.3) is 17.2 Å². The molecule has 0 spiro atoms. The van der Waals surface area contributed by atoms with Crippen LogP contribution >= 0.6 is 0 Å². The molecule has 0 aliphatic rings. The molecule has 7 N–H and O–H groups in total. The van der Waals surface area contributed by atoms with Gasteiger partial charge in [-0.2, -0.15) is 26.9 Å². The van der Waals surface area contributed by atoms with Crippen LogP contribution in [-0.4, -0.2) is 39.4 Å². The predicted molar refractivity (Wildman–Crippen MR) is 68.6 cm³/mol. The van der Waals surface area contributed by atoms with Gasteiger partial charge in [0.2, 0.25) is 11.7 Å². The fourth-order valence-corrected chi connectivity index (χ4v) is 0.420. The number of carbonyl (C=O) groups is 1. The normalized spacial score (nSPS) is 7.52. The fraction of sp³-hybridized carbons (Fsp3) is 0.286. The zero-order valence-electron chi connectivity index (χ0n) is 10.9. The Labute approximate surface area is 141 Å². The Kier molecular flexibility index (Phi) is 24.8. The van der Waals surface area contributed by atoms with Gasteiger partial charge in [0, 0.05) is 21.1 Å². The summed E-state index contributed by atoms with van der Waals surface area (Å²) in [6.45, 7) is 0.472. The number of hydroxylamine groups is 1. The van der Waals surface area contributed by atoms with Crippen LogP contribution in [0.5, 0.6) is 5.88 Å². The summed E-state index contributed by atoms with van der Waals surface area (Å²) >= 11 is 0. The van der Waals surface area contributed by atoms with E-state index in [2.05, 4.69) is 4.98 Å². The van der Waals surface area contributed by atoms with E-state index >= 15 is 0 Å². The van der Waals surface area contributed by atoms with E-state index in [0.29, 0.717) is 0 Å². The monoisotopic (exact) mass is 522 g/mol. The number of hydrogen-bond donors (Lipinski definition) is 4. The van der Waals surface area contributed by atoms with Crippen molar-refractivity contribution in [2.24, 2.45) is 5.34 Å². The van der Waals surface area contributed by atoms with E-state index in [9.17, 15) is 13.6 Å². The Hall–Kier alpha value is -2.22. The number of nitrogens with zero attached hydrogens (tertiary/aromatic N) is 2. The van der Waals surface area contributed by atoms with E-state index in [-0.39, 0.29) is 34.2 Å². The summed E-state index contributed by atoms with van der Waals surface area (Å²) < 4.78 is 24.0. The van der Waals surface area contributed by atoms with Crippen LogP contribution in [0, 0.1) is 21.9 Å². The summed E-state index contributed by atoms with van der Waals surface area (Å²) in [6, 6.07) is -1.19. The molecule has 1 heterocycles. The Morgan fingerprint density at radius 1 is 1.39 bits per heavy atom. The summed E-state index contributed by atoms with van der Waals surface area (Å²) in [5.74, 6) is -4.31. The second kappa shape index (κ2) is 19.8. The fourth-order valence-electron chi connectivity index (χ4n) is 0.420. The molecule has 138 valence electrons. The summed E-state index contributed by atoms with van der Waals surface area (Å²) in [7, 11) is 0. The first-order chi connectivity index (χ1) is 10.2. The molecule has 1 rings (SSSR count). The quantitative estimate of drug-likeness (QED) is 0.182. The van der Waals surface area contributed by atoms with Crippen molar-refractivity contribution < 1.29 is 45.0 Å². The molecule has 2 amide bonds. The molecule has 16 heteroatoms. The van der Waals surface area contributed by atoms with Crippen molar-refractivity contribution in [3.8, 4) is 5.88 Å². The van der Waals surface area contributed by atoms with Crippen LogP contribution in [0.1, 0.15) is 0 Å². The van der Waals surface area contributed by atoms with Crippen LogP contribution in [-0.2, 0) is 21.1 Å². The second-order valence-electron chi connectivity index (χ2n) is 2.51. The van der Waals surface area contributed by atoms with Crippen molar-refractivity contribution in [1.29, 1.82) is 0 Å². The van der Waals surface area contributed by atoms with E-state index in [0.717, 1.165) is 10.8 Å². The third-order valence-electron chi connectivity index (χ3n) is 1.04.